The molecule has 0 radical (unpaired) electrons. The molecule has 2 unspecified atom stereocenters. The summed E-state index contributed by atoms with van der Waals surface area (Å²) in [5.74, 6) is 0.247. The summed E-state index contributed by atoms with van der Waals surface area (Å²) in [7, 11) is 0. The first-order valence-corrected chi connectivity index (χ1v) is 11.6. The molecule has 0 bridgehead atoms. The number of ether oxygens (including phenoxy) is 2. The fraction of sp³-hybridized carbons (Fsp3) is 0.172. The van der Waals surface area contributed by atoms with E-state index >= 15 is 0 Å². The highest BCUT2D eigenvalue weighted by Crippen LogP contribution is 2.23. The number of hydrazine groups is 1. The van der Waals surface area contributed by atoms with Gasteiger partial charge in [0.1, 0.15) is 11.5 Å². The SMILES string of the molecule is CCC(Oc1ccc(-c2ccccc2)cc1)C(=O)NNC(=O)C(C)Oc1ccc2ccccc2c1. The number of rotatable bonds is 8. The molecule has 2 atom stereocenters. The van der Waals surface area contributed by atoms with Crippen molar-refractivity contribution >= 4 is 22.6 Å². The third-order valence-corrected chi connectivity index (χ3v) is 5.61. The van der Waals surface area contributed by atoms with Crippen LogP contribution in [0, 0.1) is 0 Å². The minimum atomic E-state index is -0.803. The third-order valence-electron chi connectivity index (χ3n) is 5.61. The topological polar surface area (TPSA) is 76.7 Å². The summed E-state index contributed by atoms with van der Waals surface area (Å²) < 4.78 is 11.6. The fourth-order valence-corrected chi connectivity index (χ4v) is 3.65. The fourth-order valence-electron chi connectivity index (χ4n) is 3.65. The summed E-state index contributed by atoms with van der Waals surface area (Å²) in [5, 5.41) is 2.11. The second kappa shape index (κ2) is 11.2. The van der Waals surface area contributed by atoms with Crippen LogP contribution < -0.4 is 20.3 Å². The van der Waals surface area contributed by atoms with Gasteiger partial charge in [-0.2, -0.15) is 0 Å². The van der Waals surface area contributed by atoms with Gasteiger partial charge >= 0.3 is 0 Å². The molecule has 6 nitrogen and oxygen atoms in total. The zero-order valence-corrected chi connectivity index (χ0v) is 19.7. The Morgan fingerprint density at radius 3 is 2.00 bits per heavy atom. The van der Waals surface area contributed by atoms with Crippen LogP contribution in [0.1, 0.15) is 20.3 Å². The van der Waals surface area contributed by atoms with Crippen molar-refractivity contribution in [1.29, 1.82) is 0 Å². The van der Waals surface area contributed by atoms with E-state index in [0.29, 0.717) is 17.9 Å². The number of benzene rings is 4. The van der Waals surface area contributed by atoms with Crippen LogP contribution in [0.2, 0.25) is 0 Å². The number of carbonyl (C=O) groups excluding carboxylic acids is 2. The van der Waals surface area contributed by atoms with Crippen molar-refractivity contribution in [3.05, 3.63) is 97.1 Å². The molecule has 6 heteroatoms. The number of amides is 2. The van der Waals surface area contributed by atoms with E-state index in [-0.39, 0.29) is 0 Å². The van der Waals surface area contributed by atoms with E-state index in [1.165, 1.54) is 0 Å². The second-order valence-electron chi connectivity index (χ2n) is 8.15. The Bertz CT molecular complexity index is 1290. The Labute approximate surface area is 204 Å². The Balaban J connectivity index is 1.29. The van der Waals surface area contributed by atoms with E-state index in [2.05, 4.69) is 10.9 Å². The van der Waals surface area contributed by atoms with E-state index in [4.69, 9.17) is 9.47 Å². The van der Waals surface area contributed by atoms with Crippen molar-refractivity contribution in [3.8, 4) is 22.6 Å². The predicted octanol–water partition coefficient (Wildman–Crippen LogP) is 5.28. The smallest absolute Gasteiger partial charge is 0.279 e. The molecule has 4 rings (SSSR count). The highest BCUT2D eigenvalue weighted by atomic mass is 16.5. The molecule has 0 saturated heterocycles. The maximum atomic E-state index is 12.6. The lowest BCUT2D eigenvalue weighted by Crippen LogP contribution is -2.51. The first-order valence-electron chi connectivity index (χ1n) is 11.6. The quantitative estimate of drug-likeness (QED) is 0.345. The van der Waals surface area contributed by atoms with Gasteiger partial charge in [-0.3, -0.25) is 20.4 Å². The van der Waals surface area contributed by atoms with Crippen LogP contribution in [-0.2, 0) is 9.59 Å². The highest BCUT2D eigenvalue weighted by molar-refractivity contribution is 5.87. The standard InChI is InChI=1S/C29H28N2O4/c1-3-27(35-25-16-13-23(14-17-25)21-9-5-4-6-10-21)29(33)31-30-28(32)20(2)34-26-18-15-22-11-7-8-12-24(22)19-26/h4-20,27H,3H2,1-2H3,(H,30,32)(H,31,33). The number of nitrogens with one attached hydrogen (secondary N) is 2. The van der Waals surface area contributed by atoms with Gasteiger partial charge in [-0.25, -0.2) is 0 Å². The molecule has 2 N–H and O–H groups in total. The summed E-state index contributed by atoms with van der Waals surface area (Å²) in [6, 6.07) is 31.1. The summed E-state index contributed by atoms with van der Waals surface area (Å²) in [5.41, 5.74) is 7.03. The first kappa shape index (κ1) is 23.8. The van der Waals surface area contributed by atoms with Crippen LogP contribution in [0.5, 0.6) is 11.5 Å². The van der Waals surface area contributed by atoms with Crippen molar-refractivity contribution in [3.63, 3.8) is 0 Å². The van der Waals surface area contributed by atoms with E-state index < -0.39 is 24.0 Å². The van der Waals surface area contributed by atoms with Crippen molar-refractivity contribution in [1.82, 2.24) is 10.9 Å². The number of hydrogen-bond donors (Lipinski definition) is 2. The largest absolute Gasteiger partial charge is 0.481 e. The average molecular weight is 469 g/mol. The summed E-state index contributed by atoms with van der Waals surface area (Å²) in [6.45, 7) is 3.47. The second-order valence-corrected chi connectivity index (χ2v) is 8.15. The lowest BCUT2D eigenvalue weighted by molar-refractivity contribution is -0.135. The van der Waals surface area contributed by atoms with Crippen molar-refractivity contribution in [2.45, 2.75) is 32.5 Å². The molecule has 35 heavy (non-hydrogen) atoms. The predicted molar refractivity (Wildman–Crippen MR) is 137 cm³/mol. The number of carbonyl (C=O) groups is 2. The molecule has 0 aliphatic rings. The Hall–Kier alpha value is -4.32. The Morgan fingerprint density at radius 2 is 1.29 bits per heavy atom. The molecular formula is C29H28N2O4. The molecule has 0 fully saturated rings. The molecule has 0 aliphatic carbocycles. The Morgan fingerprint density at radius 1 is 0.686 bits per heavy atom. The van der Waals surface area contributed by atoms with Crippen LogP contribution in [0.4, 0.5) is 0 Å². The van der Waals surface area contributed by atoms with Gasteiger partial charge in [-0.1, -0.05) is 79.7 Å². The van der Waals surface area contributed by atoms with Gasteiger partial charge in [0.05, 0.1) is 0 Å². The normalized spacial score (nSPS) is 12.4. The number of fused-ring (bicyclic) bond motifs is 1. The van der Waals surface area contributed by atoms with Crippen molar-refractivity contribution in [2.24, 2.45) is 0 Å². The maximum absolute atomic E-state index is 12.6. The molecule has 4 aromatic rings. The lowest BCUT2D eigenvalue weighted by atomic mass is 10.1. The van der Waals surface area contributed by atoms with Crippen LogP contribution in [0.25, 0.3) is 21.9 Å². The summed E-state index contributed by atoms with van der Waals surface area (Å²) in [4.78, 5) is 25.1. The van der Waals surface area contributed by atoms with Crippen molar-refractivity contribution in [2.75, 3.05) is 0 Å². The van der Waals surface area contributed by atoms with Crippen LogP contribution >= 0.6 is 0 Å². The minimum Gasteiger partial charge on any atom is -0.481 e. The van der Waals surface area contributed by atoms with Crippen LogP contribution in [0.15, 0.2) is 97.1 Å². The molecular weight excluding hydrogens is 440 g/mol. The lowest BCUT2D eigenvalue weighted by Gasteiger charge is -2.19. The molecule has 4 aromatic carbocycles. The molecule has 0 heterocycles. The van der Waals surface area contributed by atoms with Crippen LogP contribution in [-0.4, -0.2) is 24.0 Å². The van der Waals surface area contributed by atoms with Gasteiger partial charge in [0, 0.05) is 0 Å². The van der Waals surface area contributed by atoms with E-state index in [9.17, 15) is 9.59 Å². The molecule has 0 saturated carbocycles. The first-order chi connectivity index (χ1) is 17.0. The van der Waals surface area contributed by atoms with Gasteiger partial charge in [0.15, 0.2) is 12.2 Å². The number of hydrogen-bond acceptors (Lipinski definition) is 4. The van der Waals surface area contributed by atoms with Gasteiger partial charge in [-0.05, 0) is 59.5 Å². The average Bonchev–Trinajstić information content (AvgIpc) is 2.91. The highest BCUT2D eigenvalue weighted by Gasteiger charge is 2.21. The molecule has 178 valence electrons. The van der Waals surface area contributed by atoms with Crippen LogP contribution in [0.3, 0.4) is 0 Å². The monoisotopic (exact) mass is 468 g/mol. The molecule has 0 aliphatic heterocycles. The zero-order valence-electron chi connectivity index (χ0n) is 19.7. The zero-order chi connectivity index (χ0) is 24.6. The summed E-state index contributed by atoms with van der Waals surface area (Å²) in [6.07, 6.45) is -1.12. The van der Waals surface area contributed by atoms with Gasteiger partial charge in [-0.15, -0.1) is 0 Å². The maximum Gasteiger partial charge on any atom is 0.279 e. The third kappa shape index (κ3) is 6.18. The van der Waals surface area contributed by atoms with Gasteiger partial charge in [0.2, 0.25) is 0 Å². The van der Waals surface area contributed by atoms with Gasteiger partial charge in [0.25, 0.3) is 11.8 Å². The molecule has 2 amide bonds. The minimum absolute atomic E-state index is 0.436. The van der Waals surface area contributed by atoms with E-state index in [0.717, 1.165) is 21.9 Å². The Kier molecular flexibility index (Phi) is 7.63. The molecule has 0 spiro atoms. The molecule has 0 aromatic heterocycles. The summed E-state index contributed by atoms with van der Waals surface area (Å²) >= 11 is 0. The van der Waals surface area contributed by atoms with E-state index in [1.54, 1.807) is 6.92 Å². The van der Waals surface area contributed by atoms with Gasteiger partial charge < -0.3 is 9.47 Å². The van der Waals surface area contributed by atoms with E-state index in [1.807, 2.05) is 104 Å². The van der Waals surface area contributed by atoms with Crippen molar-refractivity contribution < 1.29 is 19.1 Å².